The van der Waals surface area contributed by atoms with Crippen LogP contribution in [0.15, 0.2) is 12.4 Å². The molecule has 1 aromatic heterocycles. The molecule has 1 atom stereocenters. The van der Waals surface area contributed by atoms with E-state index in [1.807, 2.05) is 0 Å². The van der Waals surface area contributed by atoms with Crippen LogP contribution in [0.5, 0.6) is 0 Å². The SMILES string of the molecule is Clc1cnc(N2CCC(C[C@@H](I)CI)CC2)nc1. The molecule has 0 amide bonds. The Morgan fingerprint density at radius 3 is 2.50 bits per heavy atom. The summed E-state index contributed by atoms with van der Waals surface area (Å²) in [7, 11) is 0. The Morgan fingerprint density at radius 2 is 1.94 bits per heavy atom. The van der Waals surface area contributed by atoms with Crippen molar-refractivity contribution in [3.05, 3.63) is 17.4 Å². The molecule has 0 unspecified atom stereocenters. The monoisotopic (exact) mass is 491 g/mol. The zero-order chi connectivity index (χ0) is 13.0. The van der Waals surface area contributed by atoms with E-state index in [4.69, 9.17) is 11.6 Å². The molecule has 18 heavy (non-hydrogen) atoms. The molecule has 0 aromatic carbocycles. The molecule has 6 heteroatoms. The largest absolute Gasteiger partial charge is 0.341 e. The maximum atomic E-state index is 5.80. The summed E-state index contributed by atoms with van der Waals surface area (Å²) in [5.74, 6) is 1.68. The molecule has 1 saturated heterocycles. The number of nitrogens with zero attached hydrogens (tertiary/aromatic N) is 3. The zero-order valence-electron chi connectivity index (χ0n) is 10.0. The molecule has 3 nitrogen and oxygen atoms in total. The van der Waals surface area contributed by atoms with E-state index in [1.165, 1.54) is 23.7 Å². The normalized spacial score (nSPS) is 18.9. The molecule has 2 heterocycles. The van der Waals surface area contributed by atoms with E-state index in [0.717, 1.165) is 28.9 Å². The number of rotatable bonds is 4. The van der Waals surface area contributed by atoms with Crippen LogP contribution >= 0.6 is 56.8 Å². The summed E-state index contributed by atoms with van der Waals surface area (Å²) in [5, 5.41) is 0.600. The van der Waals surface area contributed by atoms with Gasteiger partial charge in [0.1, 0.15) is 0 Å². The zero-order valence-corrected chi connectivity index (χ0v) is 15.1. The third kappa shape index (κ3) is 4.33. The Balaban J connectivity index is 1.84. The predicted molar refractivity (Wildman–Crippen MR) is 93.3 cm³/mol. The van der Waals surface area contributed by atoms with Gasteiger partial charge < -0.3 is 4.90 Å². The minimum Gasteiger partial charge on any atom is -0.341 e. The molecule has 1 fully saturated rings. The molecule has 0 saturated carbocycles. The van der Waals surface area contributed by atoms with Crippen LogP contribution in [0.4, 0.5) is 5.95 Å². The summed E-state index contributed by atoms with van der Waals surface area (Å²) in [4.78, 5) is 10.8. The quantitative estimate of drug-likeness (QED) is 0.472. The van der Waals surface area contributed by atoms with Crippen molar-refractivity contribution in [1.82, 2.24) is 9.97 Å². The van der Waals surface area contributed by atoms with Crippen LogP contribution < -0.4 is 4.90 Å². The van der Waals surface area contributed by atoms with Gasteiger partial charge in [-0.15, -0.1) is 0 Å². The van der Waals surface area contributed by atoms with Gasteiger partial charge in [0, 0.05) is 21.4 Å². The second-order valence-corrected chi connectivity index (χ2v) is 7.70. The van der Waals surface area contributed by atoms with Crippen molar-refractivity contribution < 1.29 is 0 Å². The number of anilines is 1. The van der Waals surface area contributed by atoms with E-state index in [0.29, 0.717) is 5.02 Å². The van der Waals surface area contributed by atoms with Crippen LogP contribution in [0.2, 0.25) is 5.02 Å². The number of piperidine rings is 1. The Kier molecular flexibility index (Phi) is 6.20. The van der Waals surface area contributed by atoms with E-state index < -0.39 is 0 Å². The third-order valence-corrected chi connectivity index (χ3v) is 7.15. The fourth-order valence-corrected chi connectivity index (χ4v) is 3.44. The lowest BCUT2D eigenvalue weighted by molar-refractivity contribution is 0.384. The molecule has 0 radical (unpaired) electrons. The fraction of sp³-hybridized carbons (Fsp3) is 0.667. The predicted octanol–water partition coefficient (Wildman–Crippen LogP) is 3.98. The molecule has 0 aliphatic carbocycles. The van der Waals surface area contributed by atoms with Crippen molar-refractivity contribution in [3.63, 3.8) is 0 Å². The maximum Gasteiger partial charge on any atom is 0.225 e. The molecule has 1 aliphatic rings. The van der Waals surface area contributed by atoms with Crippen LogP contribution in [0.25, 0.3) is 0 Å². The highest BCUT2D eigenvalue weighted by atomic mass is 127. The van der Waals surface area contributed by atoms with Crippen molar-refractivity contribution >= 4 is 62.7 Å². The molecular formula is C12H16ClI2N3. The van der Waals surface area contributed by atoms with E-state index in [2.05, 4.69) is 60.0 Å². The second-order valence-electron chi connectivity index (χ2n) is 4.62. The number of alkyl halides is 2. The van der Waals surface area contributed by atoms with E-state index in [1.54, 1.807) is 12.4 Å². The lowest BCUT2D eigenvalue weighted by Crippen LogP contribution is -2.35. The summed E-state index contributed by atoms with van der Waals surface area (Å²) in [6.07, 6.45) is 7.20. The summed E-state index contributed by atoms with van der Waals surface area (Å²) in [5.41, 5.74) is 0. The van der Waals surface area contributed by atoms with Crippen LogP contribution in [-0.2, 0) is 0 Å². The third-order valence-electron chi connectivity index (χ3n) is 3.26. The second kappa shape index (κ2) is 7.42. The number of aromatic nitrogens is 2. The van der Waals surface area contributed by atoms with Crippen LogP contribution in [-0.4, -0.2) is 31.4 Å². The standard InChI is InChI=1S/C12H16ClI2N3/c13-10-7-16-12(17-8-10)18-3-1-9(2-4-18)5-11(15)6-14/h7-9,11H,1-6H2/t11-/m1/s1. The molecule has 2 rings (SSSR count). The van der Waals surface area contributed by atoms with Crippen LogP contribution in [0.3, 0.4) is 0 Å². The van der Waals surface area contributed by atoms with Crippen molar-refractivity contribution in [3.8, 4) is 0 Å². The molecule has 1 aromatic rings. The van der Waals surface area contributed by atoms with Gasteiger partial charge in [0.2, 0.25) is 5.95 Å². The van der Waals surface area contributed by atoms with Crippen molar-refractivity contribution in [2.24, 2.45) is 5.92 Å². The lowest BCUT2D eigenvalue weighted by Gasteiger charge is -2.32. The van der Waals surface area contributed by atoms with Gasteiger partial charge in [-0.05, 0) is 25.2 Å². The minimum absolute atomic E-state index is 0.600. The average molecular weight is 492 g/mol. The van der Waals surface area contributed by atoms with Gasteiger partial charge in [-0.2, -0.15) is 0 Å². The highest BCUT2D eigenvalue weighted by molar-refractivity contribution is 14.1. The molecule has 100 valence electrons. The summed E-state index contributed by atoms with van der Waals surface area (Å²) in [6, 6.07) is 0. The van der Waals surface area contributed by atoms with Crippen molar-refractivity contribution in [2.45, 2.75) is 23.2 Å². The van der Waals surface area contributed by atoms with Crippen molar-refractivity contribution in [2.75, 3.05) is 22.4 Å². The fourth-order valence-electron chi connectivity index (χ4n) is 2.26. The average Bonchev–Trinajstić information content (AvgIpc) is 2.40. The number of hydrogen-bond donors (Lipinski definition) is 0. The smallest absolute Gasteiger partial charge is 0.225 e. The Morgan fingerprint density at radius 1 is 1.33 bits per heavy atom. The van der Waals surface area contributed by atoms with E-state index in [-0.39, 0.29) is 0 Å². The van der Waals surface area contributed by atoms with Crippen molar-refractivity contribution in [1.29, 1.82) is 0 Å². The molecule has 0 bridgehead atoms. The summed E-state index contributed by atoms with van der Waals surface area (Å²) >= 11 is 10.8. The lowest BCUT2D eigenvalue weighted by atomic mass is 9.93. The highest BCUT2D eigenvalue weighted by Gasteiger charge is 2.22. The molecule has 1 aliphatic heterocycles. The molecular weight excluding hydrogens is 475 g/mol. The van der Waals surface area contributed by atoms with E-state index in [9.17, 15) is 0 Å². The van der Waals surface area contributed by atoms with Gasteiger partial charge in [-0.25, -0.2) is 9.97 Å². The minimum atomic E-state index is 0.600. The van der Waals surface area contributed by atoms with Gasteiger partial charge >= 0.3 is 0 Å². The first-order valence-electron chi connectivity index (χ1n) is 6.11. The topological polar surface area (TPSA) is 29.0 Å². The van der Waals surface area contributed by atoms with Crippen LogP contribution in [0.1, 0.15) is 19.3 Å². The molecule has 0 spiro atoms. The van der Waals surface area contributed by atoms with Gasteiger partial charge in [0.15, 0.2) is 0 Å². The van der Waals surface area contributed by atoms with Crippen LogP contribution in [0, 0.1) is 5.92 Å². The first-order valence-corrected chi connectivity index (χ1v) is 9.26. The number of hydrogen-bond acceptors (Lipinski definition) is 3. The summed E-state index contributed by atoms with van der Waals surface area (Å²) < 4.78 is 2.06. The Bertz CT molecular complexity index is 366. The van der Waals surface area contributed by atoms with Gasteiger partial charge in [0.05, 0.1) is 17.4 Å². The Labute approximate surface area is 140 Å². The first kappa shape index (κ1) is 15.0. The molecule has 0 N–H and O–H groups in total. The van der Waals surface area contributed by atoms with Gasteiger partial charge in [0.25, 0.3) is 0 Å². The van der Waals surface area contributed by atoms with Gasteiger partial charge in [-0.3, -0.25) is 0 Å². The highest BCUT2D eigenvalue weighted by Crippen LogP contribution is 2.27. The maximum absolute atomic E-state index is 5.80. The Hall–Kier alpha value is 0.630. The van der Waals surface area contributed by atoms with Gasteiger partial charge in [-0.1, -0.05) is 56.8 Å². The summed E-state index contributed by atoms with van der Waals surface area (Å²) in [6.45, 7) is 2.13. The first-order chi connectivity index (χ1) is 8.69. The van der Waals surface area contributed by atoms with E-state index >= 15 is 0 Å². The number of halogens is 3.